The van der Waals surface area contributed by atoms with Gasteiger partial charge in [0.1, 0.15) is 0 Å². The molecule has 0 unspecified atom stereocenters. The van der Waals surface area contributed by atoms with Gasteiger partial charge in [-0.25, -0.2) is 9.59 Å². The maximum atomic E-state index is 12.3. The van der Waals surface area contributed by atoms with Crippen LogP contribution in [-0.2, 0) is 0 Å². The van der Waals surface area contributed by atoms with Gasteiger partial charge in [-0.05, 0) is 49.2 Å². The van der Waals surface area contributed by atoms with Gasteiger partial charge in [0.15, 0.2) is 0 Å². The van der Waals surface area contributed by atoms with Crippen LogP contribution < -0.4 is 21.3 Å². The highest BCUT2D eigenvalue weighted by atomic mass is 35.5. The molecule has 1 aliphatic rings. The van der Waals surface area contributed by atoms with Gasteiger partial charge in [0.2, 0.25) is 0 Å². The fourth-order valence-electron chi connectivity index (χ4n) is 3.28. The molecule has 0 spiro atoms. The smallest absolute Gasteiger partial charge is 0.319 e. The molecule has 0 saturated heterocycles. The Labute approximate surface area is 174 Å². The van der Waals surface area contributed by atoms with Crippen molar-refractivity contribution in [3.63, 3.8) is 0 Å². The number of hydrogen-bond donors (Lipinski definition) is 4. The molecule has 1 saturated carbocycles. The van der Waals surface area contributed by atoms with Gasteiger partial charge in [-0.2, -0.15) is 0 Å². The fourth-order valence-corrected chi connectivity index (χ4v) is 3.66. The van der Waals surface area contributed by atoms with Crippen LogP contribution in [0.15, 0.2) is 48.5 Å². The minimum atomic E-state index is -0.323. The van der Waals surface area contributed by atoms with Crippen LogP contribution in [-0.4, -0.2) is 24.1 Å². The van der Waals surface area contributed by atoms with Crippen LogP contribution in [0.4, 0.5) is 21.0 Å². The number of hydrogen-bond acceptors (Lipinski definition) is 2. The van der Waals surface area contributed by atoms with E-state index in [-0.39, 0.29) is 24.1 Å². The lowest BCUT2D eigenvalue weighted by Crippen LogP contribution is -2.54. The first-order chi connectivity index (χ1) is 13.5. The Morgan fingerprint density at radius 3 is 1.57 bits per heavy atom. The molecule has 0 radical (unpaired) electrons. The van der Waals surface area contributed by atoms with Crippen LogP contribution in [0.2, 0.25) is 10.0 Å². The molecular formula is C20H22Cl2N4O2. The summed E-state index contributed by atoms with van der Waals surface area (Å²) in [5.41, 5.74) is 1.23. The van der Waals surface area contributed by atoms with E-state index in [0.717, 1.165) is 25.7 Å². The molecule has 0 bridgehead atoms. The Morgan fingerprint density at radius 2 is 1.18 bits per heavy atom. The van der Waals surface area contributed by atoms with Crippen molar-refractivity contribution >= 4 is 46.6 Å². The molecule has 4 amide bonds. The highest BCUT2D eigenvalue weighted by Crippen LogP contribution is 2.20. The number of amides is 4. The largest absolute Gasteiger partial charge is 0.333 e. The second-order valence-electron chi connectivity index (χ2n) is 6.72. The maximum absolute atomic E-state index is 12.3. The third-order valence-corrected chi connectivity index (χ3v) is 5.03. The molecule has 2 aromatic carbocycles. The standard InChI is InChI=1S/C20H22Cl2N4O2/c21-13-5-3-7-15(11-13)23-19(27)25-17-9-1-2-10-18(17)26-20(28)24-16-8-4-6-14(22)12-16/h3-8,11-12,17-18H,1-2,9-10H2,(H2,23,25,27)(H2,24,26,28)/t17-,18+. The lowest BCUT2D eigenvalue weighted by atomic mass is 9.90. The molecule has 0 aromatic heterocycles. The van der Waals surface area contributed by atoms with Crippen LogP contribution in [0.5, 0.6) is 0 Å². The van der Waals surface area contributed by atoms with E-state index >= 15 is 0 Å². The Hall–Kier alpha value is -2.44. The molecule has 1 fully saturated rings. The van der Waals surface area contributed by atoms with Gasteiger partial charge in [-0.1, -0.05) is 48.2 Å². The second-order valence-corrected chi connectivity index (χ2v) is 7.59. The predicted octanol–water partition coefficient (Wildman–Crippen LogP) is 5.25. The number of benzene rings is 2. The van der Waals surface area contributed by atoms with Crippen molar-refractivity contribution in [2.45, 2.75) is 37.8 Å². The molecule has 148 valence electrons. The van der Waals surface area contributed by atoms with Crippen LogP contribution in [0.3, 0.4) is 0 Å². The van der Waals surface area contributed by atoms with Gasteiger partial charge >= 0.3 is 12.1 Å². The van der Waals surface area contributed by atoms with E-state index < -0.39 is 0 Å². The first-order valence-corrected chi connectivity index (χ1v) is 9.91. The summed E-state index contributed by atoms with van der Waals surface area (Å²) in [6.45, 7) is 0. The SMILES string of the molecule is O=C(Nc1cccc(Cl)c1)N[C@H]1CCCC[C@H]1NC(=O)Nc1cccc(Cl)c1. The zero-order chi connectivity index (χ0) is 19.9. The molecule has 8 heteroatoms. The number of nitrogens with one attached hydrogen (secondary N) is 4. The molecule has 2 atom stereocenters. The predicted molar refractivity (Wildman–Crippen MR) is 113 cm³/mol. The van der Waals surface area contributed by atoms with E-state index in [2.05, 4.69) is 21.3 Å². The maximum Gasteiger partial charge on any atom is 0.319 e. The summed E-state index contributed by atoms with van der Waals surface area (Å²) in [4.78, 5) is 24.7. The average Bonchev–Trinajstić information content (AvgIpc) is 2.63. The van der Waals surface area contributed by atoms with E-state index in [1.807, 2.05) is 0 Å². The van der Waals surface area contributed by atoms with E-state index in [9.17, 15) is 9.59 Å². The summed E-state index contributed by atoms with van der Waals surface area (Å²) in [5, 5.41) is 12.6. The number of rotatable bonds is 4. The lowest BCUT2D eigenvalue weighted by molar-refractivity contribution is 0.225. The third kappa shape index (κ3) is 6.04. The molecule has 0 aliphatic heterocycles. The summed E-state index contributed by atoms with van der Waals surface area (Å²) in [6.07, 6.45) is 3.59. The summed E-state index contributed by atoms with van der Waals surface area (Å²) in [6, 6.07) is 12.9. The van der Waals surface area contributed by atoms with Gasteiger partial charge < -0.3 is 21.3 Å². The summed E-state index contributed by atoms with van der Waals surface area (Å²) in [7, 11) is 0. The number of carbonyl (C=O) groups excluding carboxylic acids is 2. The minimum Gasteiger partial charge on any atom is -0.333 e. The van der Waals surface area contributed by atoms with Crippen molar-refractivity contribution in [3.8, 4) is 0 Å². The van der Waals surface area contributed by atoms with Gasteiger partial charge in [-0.3, -0.25) is 0 Å². The quantitative estimate of drug-likeness (QED) is 0.544. The Balaban J connectivity index is 1.55. The van der Waals surface area contributed by atoms with E-state index in [1.54, 1.807) is 48.5 Å². The molecule has 2 aromatic rings. The van der Waals surface area contributed by atoms with Gasteiger partial charge in [-0.15, -0.1) is 0 Å². The minimum absolute atomic E-state index is 0.155. The van der Waals surface area contributed by atoms with Gasteiger partial charge in [0.25, 0.3) is 0 Å². The summed E-state index contributed by atoms with van der Waals surface area (Å²) < 4.78 is 0. The van der Waals surface area contributed by atoms with Crippen molar-refractivity contribution in [3.05, 3.63) is 58.6 Å². The number of carbonyl (C=O) groups is 2. The zero-order valence-corrected chi connectivity index (χ0v) is 16.7. The normalized spacial score (nSPS) is 18.8. The highest BCUT2D eigenvalue weighted by molar-refractivity contribution is 6.31. The molecule has 1 aliphatic carbocycles. The number of anilines is 2. The Bertz CT molecular complexity index is 777. The fraction of sp³-hybridized carbons (Fsp3) is 0.300. The van der Waals surface area contributed by atoms with Crippen LogP contribution >= 0.6 is 23.2 Å². The molecule has 3 rings (SSSR count). The van der Waals surface area contributed by atoms with Crippen molar-refractivity contribution < 1.29 is 9.59 Å². The van der Waals surface area contributed by atoms with E-state index in [4.69, 9.17) is 23.2 Å². The third-order valence-electron chi connectivity index (χ3n) is 4.56. The summed E-state index contributed by atoms with van der Waals surface area (Å²) >= 11 is 11.9. The van der Waals surface area contributed by atoms with Crippen LogP contribution in [0.25, 0.3) is 0 Å². The number of urea groups is 2. The molecule has 6 nitrogen and oxygen atoms in total. The van der Waals surface area contributed by atoms with Crippen molar-refractivity contribution in [1.82, 2.24) is 10.6 Å². The van der Waals surface area contributed by atoms with Crippen LogP contribution in [0.1, 0.15) is 25.7 Å². The van der Waals surface area contributed by atoms with Crippen LogP contribution in [0, 0.1) is 0 Å². The van der Waals surface area contributed by atoms with Gasteiger partial charge in [0, 0.05) is 21.4 Å². The summed E-state index contributed by atoms with van der Waals surface area (Å²) in [5.74, 6) is 0. The number of halogens is 2. The monoisotopic (exact) mass is 420 g/mol. The first kappa shape index (κ1) is 20.3. The van der Waals surface area contributed by atoms with Crippen molar-refractivity contribution in [1.29, 1.82) is 0 Å². The molecule has 0 heterocycles. The second kappa shape index (κ2) is 9.66. The van der Waals surface area contributed by atoms with E-state index in [1.165, 1.54) is 0 Å². The molecule has 28 heavy (non-hydrogen) atoms. The zero-order valence-electron chi connectivity index (χ0n) is 15.2. The highest BCUT2D eigenvalue weighted by Gasteiger charge is 2.28. The topological polar surface area (TPSA) is 82.3 Å². The first-order valence-electron chi connectivity index (χ1n) is 9.16. The molecule has 4 N–H and O–H groups in total. The Morgan fingerprint density at radius 1 is 0.750 bits per heavy atom. The lowest BCUT2D eigenvalue weighted by Gasteiger charge is -2.32. The van der Waals surface area contributed by atoms with Crippen molar-refractivity contribution in [2.24, 2.45) is 0 Å². The molecular weight excluding hydrogens is 399 g/mol. The Kier molecular flexibility index (Phi) is 7.01. The average molecular weight is 421 g/mol. The van der Waals surface area contributed by atoms with Crippen molar-refractivity contribution in [2.75, 3.05) is 10.6 Å². The van der Waals surface area contributed by atoms with Gasteiger partial charge in [0.05, 0.1) is 12.1 Å². The van der Waals surface area contributed by atoms with E-state index in [0.29, 0.717) is 21.4 Å².